The van der Waals surface area contributed by atoms with E-state index in [-0.39, 0.29) is 5.82 Å². The van der Waals surface area contributed by atoms with Gasteiger partial charge < -0.3 is 4.52 Å². The van der Waals surface area contributed by atoms with Gasteiger partial charge in [-0.1, -0.05) is 37.0 Å². The summed E-state index contributed by atoms with van der Waals surface area (Å²) in [6.07, 6.45) is 0. The zero-order valence-electron chi connectivity index (χ0n) is 7.51. The van der Waals surface area contributed by atoms with Crippen LogP contribution in [0.25, 0.3) is 11.3 Å². The first-order valence-corrected chi connectivity index (χ1v) is 6.08. The van der Waals surface area contributed by atoms with E-state index in [4.69, 9.17) is 4.52 Å². The van der Waals surface area contributed by atoms with Crippen LogP contribution in [0.3, 0.4) is 0 Å². The molecule has 0 aliphatic carbocycles. The van der Waals surface area contributed by atoms with E-state index in [0.717, 1.165) is 0 Å². The van der Waals surface area contributed by atoms with Crippen LogP contribution in [-0.2, 0) is 5.33 Å². The molecular weight excluding hydrogens is 329 g/mol. The van der Waals surface area contributed by atoms with Crippen LogP contribution in [0.1, 0.15) is 5.76 Å². The molecule has 2 aromatic rings. The van der Waals surface area contributed by atoms with Gasteiger partial charge in [-0.05, 0) is 18.2 Å². The van der Waals surface area contributed by atoms with Crippen LogP contribution in [0.4, 0.5) is 4.39 Å². The van der Waals surface area contributed by atoms with E-state index >= 15 is 0 Å². The molecular formula is C10H6Br2FNO. The SMILES string of the molecule is Fc1cc(Br)cc(-c2cc(CBr)on2)c1. The first-order valence-electron chi connectivity index (χ1n) is 4.17. The average Bonchev–Trinajstić information content (AvgIpc) is 2.64. The minimum atomic E-state index is -0.303. The summed E-state index contributed by atoms with van der Waals surface area (Å²) in [6, 6.07) is 6.38. The highest BCUT2D eigenvalue weighted by atomic mass is 79.9. The third-order valence-corrected chi connectivity index (χ3v) is 2.86. The average molecular weight is 335 g/mol. The molecule has 0 aliphatic heterocycles. The smallest absolute Gasteiger partial charge is 0.147 e. The Labute approximate surface area is 103 Å². The number of halogens is 3. The number of benzene rings is 1. The lowest BCUT2D eigenvalue weighted by molar-refractivity contribution is 0.398. The maximum Gasteiger partial charge on any atom is 0.147 e. The van der Waals surface area contributed by atoms with Crippen molar-refractivity contribution in [1.29, 1.82) is 0 Å². The Morgan fingerprint density at radius 2 is 2.07 bits per heavy atom. The zero-order valence-corrected chi connectivity index (χ0v) is 10.7. The summed E-state index contributed by atoms with van der Waals surface area (Å²) < 4.78 is 18.8. The molecule has 0 bridgehead atoms. The van der Waals surface area contributed by atoms with Crippen molar-refractivity contribution < 1.29 is 8.91 Å². The molecule has 1 heterocycles. The number of nitrogens with zero attached hydrogens (tertiary/aromatic N) is 1. The Hall–Kier alpha value is -0.680. The summed E-state index contributed by atoms with van der Waals surface area (Å²) >= 11 is 6.48. The number of aromatic nitrogens is 1. The highest BCUT2D eigenvalue weighted by molar-refractivity contribution is 9.10. The summed E-state index contributed by atoms with van der Waals surface area (Å²) in [7, 11) is 0. The monoisotopic (exact) mass is 333 g/mol. The number of alkyl halides is 1. The van der Waals surface area contributed by atoms with Crippen molar-refractivity contribution in [3.8, 4) is 11.3 Å². The van der Waals surface area contributed by atoms with Gasteiger partial charge in [0.15, 0.2) is 0 Å². The minimum absolute atomic E-state index is 0.303. The third-order valence-electron chi connectivity index (χ3n) is 1.85. The topological polar surface area (TPSA) is 26.0 Å². The number of hydrogen-bond acceptors (Lipinski definition) is 2. The first kappa shape index (κ1) is 10.8. The van der Waals surface area contributed by atoms with Gasteiger partial charge in [-0.25, -0.2) is 4.39 Å². The van der Waals surface area contributed by atoms with E-state index in [1.165, 1.54) is 12.1 Å². The van der Waals surface area contributed by atoms with E-state index in [1.807, 2.05) is 0 Å². The normalized spacial score (nSPS) is 10.6. The zero-order chi connectivity index (χ0) is 10.8. The maximum absolute atomic E-state index is 13.1. The molecule has 0 radical (unpaired) electrons. The van der Waals surface area contributed by atoms with Crippen molar-refractivity contribution >= 4 is 31.9 Å². The molecule has 0 amide bonds. The largest absolute Gasteiger partial charge is 0.360 e. The third kappa shape index (κ3) is 2.46. The van der Waals surface area contributed by atoms with E-state index in [9.17, 15) is 4.39 Å². The van der Waals surface area contributed by atoms with Crippen molar-refractivity contribution in [3.05, 3.63) is 40.3 Å². The van der Waals surface area contributed by atoms with Crippen LogP contribution in [0, 0.1) is 5.82 Å². The van der Waals surface area contributed by atoms with Crippen molar-refractivity contribution in [2.75, 3.05) is 0 Å². The lowest BCUT2D eigenvalue weighted by atomic mass is 10.1. The predicted octanol–water partition coefficient (Wildman–Crippen LogP) is 4.14. The Balaban J connectivity index is 2.44. The second-order valence-electron chi connectivity index (χ2n) is 2.97. The summed E-state index contributed by atoms with van der Waals surface area (Å²) in [5, 5.41) is 4.44. The van der Waals surface area contributed by atoms with Gasteiger partial charge in [0.25, 0.3) is 0 Å². The Bertz CT molecular complexity index is 464. The predicted molar refractivity (Wildman–Crippen MR) is 62.2 cm³/mol. The molecule has 0 atom stereocenters. The minimum Gasteiger partial charge on any atom is -0.360 e. The van der Waals surface area contributed by atoms with Gasteiger partial charge in [-0.15, -0.1) is 0 Å². The van der Waals surface area contributed by atoms with Gasteiger partial charge in [0.1, 0.15) is 17.3 Å². The summed E-state index contributed by atoms with van der Waals surface area (Å²) in [6.45, 7) is 0. The molecule has 0 aliphatic rings. The summed E-state index contributed by atoms with van der Waals surface area (Å²) in [4.78, 5) is 0. The molecule has 0 saturated heterocycles. The molecule has 0 unspecified atom stereocenters. The number of rotatable bonds is 2. The maximum atomic E-state index is 13.1. The van der Waals surface area contributed by atoms with Gasteiger partial charge in [-0.3, -0.25) is 0 Å². The van der Waals surface area contributed by atoms with Gasteiger partial charge in [0.2, 0.25) is 0 Å². The Morgan fingerprint density at radius 1 is 1.27 bits per heavy atom. The van der Waals surface area contributed by atoms with E-state index in [0.29, 0.717) is 26.8 Å². The second-order valence-corrected chi connectivity index (χ2v) is 4.45. The van der Waals surface area contributed by atoms with Crippen molar-refractivity contribution in [2.24, 2.45) is 0 Å². The standard InChI is InChI=1S/C10H6Br2FNO/c11-5-9-4-10(14-15-9)6-1-7(12)3-8(13)2-6/h1-4H,5H2. The van der Waals surface area contributed by atoms with Crippen LogP contribution in [-0.4, -0.2) is 5.16 Å². The van der Waals surface area contributed by atoms with Gasteiger partial charge in [0.05, 0.1) is 5.33 Å². The molecule has 1 aromatic carbocycles. The lowest BCUT2D eigenvalue weighted by Crippen LogP contribution is -1.80. The van der Waals surface area contributed by atoms with Crippen LogP contribution < -0.4 is 0 Å². The summed E-state index contributed by atoms with van der Waals surface area (Å²) in [5.74, 6) is 0.410. The van der Waals surface area contributed by atoms with Crippen molar-refractivity contribution in [2.45, 2.75) is 5.33 Å². The van der Waals surface area contributed by atoms with Gasteiger partial charge >= 0.3 is 0 Å². The van der Waals surface area contributed by atoms with Crippen LogP contribution in [0.5, 0.6) is 0 Å². The molecule has 2 nitrogen and oxygen atoms in total. The quantitative estimate of drug-likeness (QED) is 0.771. The molecule has 0 saturated carbocycles. The molecule has 5 heteroatoms. The second kappa shape index (κ2) is 4.45. The number of hydrogen-bond donors (Lipinski definition) is 0. The molecule has 78 valence electrons. The van der Waals surface area contributed by atoms with Crippen LogP contribution >= 0.6 is 31.9 Å². The highest BCUT2D eigenvalue weighted by Gasteiger charge is 2.07. The molecule has 0 N–H and O–H groups in total. The van der Waals surface area contributed by atoms with Crippen molar-refractivity contribution in [1.82, 2.24) is 5.16 Å². The van der Waals surface area contributed by atoms with Crippen LogP contribution in [0.15, 0.2) is 33.3 Å². The lowest BCUT2D eigenvalue weighted by Gasteiger charge is -1.97. The molecule has 0 spiro atoms. The summed E-state index contributed by atoms with van der Waals surface area (Å²) in [5.41, 5.74) is 1.32. The first-order chi connectivity index (χ1) is 7.19. The highest BCUT2D eigenvalue weighted by Crippen LogP contribution is 2.24. The fraction of sp³-hybridized carbons (Fsp3) is 0.100. The van der Waals surface area contributed by atoms with Crippen molar-refractivity contribution in [3.63, 3.8) is 0 Å². The molecule has 2 rings (SSSR count). The van der Waals surface area contributed by atoms with E-state index in [2.05, 4.69) is 37.0 Å². The Kier molecular flexibility index (Phi) is 3.21. The molecule has 1 aromatic heterocycles. The van der Waals surface area contributed by atoms with E-state index in [1.54, 1.807) is 12.1 Å². The fourth-order valence-corrected chi connectivity index (χ4v) is 1.94. The van der Waals surface area contributed by atoms with Gasteiger partial charge in [-0.2, -0.15) is 0 Å². The fourth-order valence-electron chi connectivity index (χ4n) is 1.21. The molecule has 15 heavy (non-hydrogen) atoms. The molecule has 0 fully saturated rings. The van der Waals surface area contributed by atoms with Crippen LogP contribution in [0.2, 0.25) is 0 Å². The van der Waals surface area contributed by atoms with E-state index < -0.39 is 0 Å². The Morgan fingerprint density at radius 3 is 2.67 bits per heavy atom. The van der Waals surface area contributed by atoms with Gasteiger partial charge in [0, 0.05) is 16.1 Å².